The first-order valence-corrected chi connectivity index (χ1v) is 11.2. The fourth-order valence-electron chi connectivity index (χ4n) is 4.68. The maximum Gasteiger partial charge on any atom is 0.317 e. The summed E-state index contributed by atoms with van der Waals surface area (Å²) in [5.74, 6) is 0.592. The van der Waals surface area contributed by atoms with Crippen LogP contribution in [-0.4, -0.2) is 42.5 Å². The molecule has 1 heterocycles. The number of nitrogens with zero attached hydrogens (tertiary/aromatic N) is 1. The first kappa shape index (κ1) is 20.2. The Morgan fingerprint density at radius 1 is 1.00 bits per heavy atom. The Kier molecular flexibility index (Phi) is 8.03. The number of hydrogen-bond donors (Lipinski definition) is 2. The van der Waals surface area contributed by atoms with E-state index in [9.17, 15) is 9.59 Å². The van der Waals surface area contributed by atoms with Gasteiger partial charge >= 0.3 is 6.03 Å². The zero-order chi connectivity index (χ0) is 18.9. The van der Waals surface area contributed by atoms with Crippen molar-refractivity contribution in [2.75, 3.05) is 19.6 Å². The molecule has 0 atom stereocenters. The molecule has 0 radical (unpaired) electrons. The highest BCUT2D eigenvalue weighted by molar-refractivity contribution is 5.76. The summed E-state index contributed by atoms with van der Waals surface area (Å²) >= 11 is 0. The Morgan fingerprint density at radius 2 is 1.78 bits per heavy atom. The average Bonchev–Trinajstić information content (AvgIpc) is 2.70. The molecule has 3 amide bonds. The minimum Gasteiger partial charge on any atom is -0.356 e. The molecule has 2 fully saturated rings. The van der Waals surface area contributed by atoms with E-state index in [1.54, 1.807) is 0 Å². The second kappa shape index (κ2) is 10.7. The lowest BCUT2D eigenvalue weighted by Crippen LogP contribution is -2.48. The summed E-state index contributed by atoms with van der Waals surface area (Å²) in [6.45, 7) is 2.33. The van der Waals surface area contributed by atoms with Crippen molar-refractivity contribution in [1.29, 1.82) is 0 Å². The standard InChI is InChI=1S/C22H37N3O2/c26-21(23-14-11-18-7-3-1-4-8-18)17-19-12-15-25(16-13-19)22(27)24-20-9-5-2-6-10-20/h7,19-20H,1-6,8-17H2,(H,23,26)(H,24,27). The molecule has 1 saturated heterocycles. The zero-order valence-electron chi connectivity index (χ0n) is 16.8. The third-order valence-electron chi connectivity index (χ3n) is 6.46. The Balaban J connectivity index is 1.28. The number of hydrogen-bond acceptors (Lipinski definition) is 2. The summed E-state index contributed by atoms with van der Waals surface area (Å²) < 4.78 is 0. The Bertz CT molecular complexity index is 518. The van der Waals surface area contributed by atoms with E-state index in [2.05, 4.69) is 16.7 Å². The highest BCUT2D eigenvalue weighted by atomic mass is 16.2. The summed E-state index contributed by atoms with van der Waals surface area (Å²) in [6.07, 6.45) is 16.9. The summed E-state index contributed by atoms with van der Waals surface area (Å²) in [7, 11) is 0. The van der Waals surface area contributed by atoms with Gasteiger partial charge in [-0.2, -0.15) is 0 Å². The van der Waals surface area contributed by atoms with Gasteiger partial charge in [-0.3, -0.25) is 4.79 Å². The van der Waals surface area contributed by atoms with Crippen LogP contribution in [0.1, 0.15) is 83.5 Å². The molecule has 3 rings (SSSR count). The molecule has 2 N–H and O–H groups in total. The number of amides is 3. The van der Waals surface area contributed by atoms with Gasteiger partial charge < -0.3 is 15.5 Å². The minimum absolute atomic E-state index is 0.102. The van der Waals surface area contributed by atoms with Crippen LogP contribution in [0.4, 0.5) is 4.79 Å². The second-order valence-corrected chi connectivity index (χ2v) is 8.63. The molecule has 0 aromatic carbocycles. The van der Waals surface area contributed by atoms with E-state index in [1.165, 1.54) is 50.5 Å². The molecule has 0 aromatic rings. The molecule has 0 spiro atoms. The predicted molar refractivity (Wildman–Crippen MR) is 108 cm³/mol. The van der Waals surface area contributed by atoms with Gasteiger partial charge in [0.2, 0.25) is 5.91 Å². The molecule has 3 aliphatic rings. The van der Waals surface area contributed by atoms with Crippen LogP contribution in [0.3, 0.4) is 0 Å². The lowest BCUT2D eigenvalue weighted by Gasteiger charge is -2.33. The number of carbonyl (C=O) groups is 2. The monoisotopic (exact) mass is 375 g/mol. The van der Waals surface area contributed by atoms with Crippen molar-refractivity contribution in [1.82, 2.24) is 15.5 Å². The average molecular weight is 376 g/mol. The molecule has 0 aromatic heterocycles. The first-order chi connectivity index (χ1) is 13.2. The smallest absolute Gasteiger partial charge is 0.317 e. The van der Waals surface area contributed by atoms with E-state index < -0.39 is 0 Å². The van der Waals surface area contributed by atoms with E-state index in [0.29, 0.717) is 18.4 Å². The number of piperidine rings is 1. The van der Waals surface area contributed by atoms with Crippen LogP contribution < -0.4 is 10.6 Å². The quantitative estimate of drug-likeness (QED) is 0.686. The predicted octanol–water partition coefficient (Wildman–Crippen LogP) is 4.14. The van der Waals surface area contributed by atoms with Crippen LogP contribution in [-0.2, 0) is 4.79 Å². The van der Waals surface area contributed by atoms with E-state index in [-0.39, 0.29) is 11.9 Å². The van der Waals surface area contributed by atoms with Gasteiger partial charge in [-0.1, -0.05) is 30.9 Å². The van der Waals surface area contributed by atoms with Crippen LogP contribution >= 0.6 is 0 Å². The van der Waals surface area contributed by atoms with Crippen molar-refractivity contribution in [3.8, 4) is 0 Å². The number of likely N-dealkylation sites (tertiary alicyclic amines) is 1. The van der Waals surface area contributed by atoms with E-state index >= 15 is 0 Å². The Labute approximate surface area is 164 Å². The minimum atomic E-state index is 0.102. The Hall–Kier alpha value is -1.52. The van der Waals surface area contributed by atoms with E-state index in [0.717, 1.165) is 51.7 Å². The highest BCUT2D eigenvalue weighted by Gasteiger charge is 2.26. The fourth-order valence-corrected chi connectivity index (χ4v) is 4.68. The maximum atomic E-state index is 12.4. The van der Waals surface area contributed by atoms with Crippen LogP contribution in [0.25, 0.3) is 0 Å². The fraction of sp³-hybridized carbons (Fsp3) is 0.818. The maximum absolute atomic E-state index is 12.4. The van der Waals surface area contributed by atoms with Gasteiger partial charge in [-0.05, 0) is 63.7 Å². The van der Waals surface area contributed by atoms with Crippen LogP contribution in [0, 0.1) is 5.92 Å². The Morgan fingerprint density at radius 3 is 2.48 bits per heavy atom. The molecule has 152 valence electrons. The largest absolute Gasteiger partial charge is 0.356 e. The van der Waals surface area contributed by atoms with Gasteiger partial charge in [0.05, 0.1) is 0 Å². The van der Waals surface area contributed by atoms with Gasteiger partial charge in [0.15, 0.2) is 0 Å². The number of rotatable bonds is 6. The van der Waals surface area contributed by atoms with Crippen molar-refractivity contribution in [3.05, 3.63) is 11.6 Å². The zero-order valence-corrected chi connectivity index (χ0v) is 16.8. The first-order valence-electron chi connectivity index (χ1n) is 11.2. The van der Waals surface area contributed by atoms with Gasteiger partial charge in [0, 0.05) is 32.1 Å². The van der Waals surface area contributed by atoms with Crippen molar-refractivity contribution < 1.29 is 9.59 Å². The topological polar surface area (TPSA) is 61.4 Å². The molecule has 0 unspecified atom stereocenters. The van der Waals surface area contributed by atoms with Gasteiger partial charge in [-0.15, -0.1) is 0 Å². The normalized spacial score (nSPS) is 22.2. The molecule has 1 aliphatic heterocycles. The molecule has 2 aliphatic carbocycles. The lowest BCUT2D eigenvalue weighted by atomic mass is 9.93. The molecule has 5 nitrogen and oxygen atoms in total. The van der Waals surface area contributed by atoms with E-state index in [4.69, 9.17) is 0 Å². The summed E-state index contributed by atoms with van der Waals surface area (Å²) in [6, 6.07) is 0.472. The number of allylic oxidation sites excluding steroid dienone is 1. The summed E-state index contributed by atoms with van der Waals surface area (Å²) in [5.41, 5.74) is 1.51. The third-order valence-corrected chi connectivity index (χ3v) is 6.46. The van der Waals surface area contributed by atoms with Crippen molar-refractivity contribution in [2.24, 2.45) is 5.92 Å². The third kappa shape index (κ3) is 6.86. The molecule has 27 heavy (non-hydrogen) atoms. The second-order valence-electron chi connectivity index (χ2n) is 8.63. The van der Waals surface area contributed by atoms with Gasteiger partial charge in [-0.25, -0.2) is 4.79 Å². The molecule has 5 heteroatoms. The SMILES string of the molecule is O=C(CC1CCN(C(=O)NC2CCCCC2)CC1)NCCC1=CCCCC1. The van der Waals surface area contributed by atoms with Gasteiger partial charge in [0.25, 0.3) is 0 Å². The molecular formula is C22H37N3O2. The lowest BCUT2D eigenvalue weighted by molar-refractivity contribution is -0.122. The van der Waals surface area contributed by atoms with Crippen LogP contribution in [0.5, 0.6) is 0 Å². The van der Waals surface area contributed by atoms with E-state index in [1.807, 2.05) is 4.90 Å². The van der Waals surface area contributed by atoms with Gasteiger partial charge in [0.1, 0.15) is 0 Å². The highest BCUT2D eigenvalue weighted by Crippen LogP contribution is 2.22. The number of nitrogens with one attached hydrogen (secondary N) is 2. The molecule has 1 saturated carbocycles. The van der Waals surface area contributed by atoms with Crippen molar-refractivity contribution in [3.63, 3.8) is 0 Å². The number of carbonyl (C=O) groups excluding carboxylic acids is 2. The summed E-state index contributed by atoms with van der Waals surface area (Å²) in [5, 5.41) is 6.30. The molecule has 0 bridgehead atoms. The van der Waals surface area contributed by atoms with Crippen LogP contribution in [0.15, 0.2) is 11.6 Å². The summed E-state index contributed by atoms with van der Waals surface area (Å²) in [4.78, 5) is 26.6. The number of urea groups is 1. The van der Waals surface area contributed by atoms with Crippen molar-refractivity contribution in [2.45, 2.75) is 89.5 Å². The van der Waals surface area contributed by atoms with Crippen molar-refractivity contribution >= 4 is 11.9 Å². The molecular weight excluding hydrogens is 338 g/mol. The van der Waals surface area contributed by atoms with Crippen LogP contribution in [0.2, 0.25) is 0 Å².